The Hall–Kier alpha value is -6.64. The van der Waals surface area contributed by atoms with Crippen LogP contribution in [0, 0.1) is 11.8 Å². The zero-order valence-electron chi connectivity index (χ0n) is 31.1. The van der Waals surface area contributed by atoms with Crippen LogP contribution in [0.5, 0.6) is 0 Å². The summed E-state index contributed by atoms with van der Waals surface area (Å²) in [5.41, 5.74) is 11.6. The summed E-state index contributed by atoms with van der Waals surface area (Å²) in [5.74, 6) is 0.123. The molecule has 5 aromatic carbocycles. The molecule has 0 saturated carbocycles. The maximum absolute atomic E-state index is 4.08. The Morgan fingerprint density at radius 2 is 0.981 bits per heavy atom. The summed E-state index contributed by atoms with van der Waals surface area (Å²) in [6.45, 7) is 12.1. The maximum atomic E-state index is 4.08. The van der Waals surface area contributed by atoms with Crippen molar-refractivity contribution < 1.29 is 0 Å². The van der Waals surface area contributed by atoms with E-state index in [9.17, 15) is 0 Å². The van der Waals surface area contributed by atoms with Gasteiger partial charge < -0.3 is 9.80 Å². The van der Waals surface area contributed by atoms with Crippen LogP contribution in [0.2, 0.25) is 0 Å². The molecule has 0 fully saturated rings. The van der Waals surface area contributed by atoms with Crippen molar-refractivity contribution in [2.24, 2.45) is 11.8 Å². The van der Waals surface area contributed by atoms with Crippen molar-refractivity contribution in [3.05, 3.63) is 241 Å². The summed E-state index contributed by atoms with van der Waals surface area (Å²) in [7, 11) is 0. The smallest absolute Gasteiger partial charge is 0.0459 e. The van der Waals surface area contributed by atoms with Crippen molar-refractivity contribution in [3.63, 3.8) is 0 Å². The number of fused-ring (bicyclic) bond motifs is 2. The third kappa shape index (κ3) is 7.33. The molecule has 264 valence electrons. The highest BCUT2D eigenvalue weighted by Crippen LogP contribution is 2.45. The molecule has 2 unspecified atom stereocenters. The van der Waals surface area contributed by atoms with Crippen LogP contribution in [0.15, 0.2) is 220 Å². The Morgan fingerprint density at radius 3 is 1.44 bits per heavy atom. The van der Waals surface area contributed by atoms with E-state index in [0.29, 0.717) is 0 Å². The molecule has 0 bridgehead atoms. The lowest BCUT2D eigenvalue weighted by molar-refractivity contribution is 0.662. The standard InChI is InChI=1S/C52H46N2/c1-5-8-12-21-39(4)41-31-35-45(36-32-41)53(43-23-13-10-14-24-43)51-47-27-17-19-29-49(47)52(50-30-20-18-28-48(50)51)54(44-25-15-11-16-26-44)46-37-33-42(34-38-46)40(7-3)22-9-6-2/h5-38,47,49H,1,3H2,2,4H3/b9-6-,12-8-,39-21+,40-22+. The Balaban J connectivity index is 1.48. The van der Waals surface area contributed by atoms with E-state index in [4.69, 9.17) is 0 Å². The van der Waals surface area contributed by atoms with Gasteiger partial charge in [-0.3, -0.25) is 0 Å². The van der Waals surface area contributed by atoms with E-state index in [0.717, 1.165) is 33.9 Å². The Kier molecular flexibility index (Phi) is 11.1. The van der Waals surface area contributed by atoms with E-state index >= 15 is 0 Å². The van der Waals surface area contributed by atoms with Crippen LogP contribution in [0.1, 0.15) is 25.0 Å². The van der Waals surface area contributed by atoms with Gasteiger partial charge in [0.05, 0.1) is 0 Å². The van der Waals surface area contributed by atoms with E-state index < -0.39 is 0 Å². The molecule has 2 heteroatoms. The second-order valence-electron chi connectivity index (χ2n) is 13.4. The van der Waals surface area contributed by atoms with Crippen LogP contribution in [-0.4, -0.2) is 0 Å². The zero-order chi connectivity index (χ0) is 37.3. The highest BCUT2D eigenvalue weighted by atomic mass is 15.2. The maximum Gasteiger partial charge on any atom is 0.0459 e. The first-order valence-electron chi connectivity index (χ1n) is 18.6. The van der Waals surface area contributed by atoms with Crippen molar-refractivity contribution >= 4 is 45.3 Å². The molecule has 0 amide bonds. The molecule has 0 radical (unpaired) electrons. The molecule has 2 atom stereocenters. The summed E-state index contributed by atoms with van der Waals surface area (Å²) < 4.78 is 0. The number of nitrogens with zero attached hydrogens (tertiary/aromatic N) is 2. The minimum Gasteiger partial charge on any atom is -0.313 e. The lowest BCUT2D eigenvalue weighted by Crippen LogP contribution is -2.47. The fraction of sp³-hybridized carbons (Fsp3) is 0.0769. The third-order valence-electron chi connectivity index (χ3n) is 10.1. The van der Waals surface area contributed by atoms with E-state index in [1.807, 2.05) is 31.2 Å². The number of hydrogen-bond donors (Lipinski definition) is 0. The van der Waals surface area contributed by atoms with Gasteiger partial charge in [0.1, 0.15) is 0 Å². The molecule has 0 heterocycles. The highest BCUT2D eigenvalue weighted by Gasteiger charge is 2.37. The molecule has 0 spiro atoms. The van der Waals surface area contributed by atoms with E-state index in [2.05, 4.69) is 206 Å². The van der Waals surface area contributed by atoms with Gasteiger partial charge in [0.2, 0.25) is 0 Å². The van der Waals surface area contributed by atoms with Gasteiger partial charge in [0, 0.05) is 56.4 Å². The Morgan fingerprint density at radius 1 is 0.519 bits per heavy atom. The summed E-state index contributed by atoms with van der Waals surface area (Å²) in [5, 5.41) is 2.43. The van der Waals surface area contributed by atoms with Crippen LogP contribution in [0.4, 0.5) is 22.7 Å². The molecular formula is C52H46N2. The molecule has 0 aromatic heterocycles. The molecule has 5 aromatic rings. The minimum absolute atomic E-state index is 0.0606. The summed E-state index contributed by atoms with van der Waals surface area (Å²) in [6.07, 6.45) is 25.2. The van der Waals surface area contributed by atoms with Gasteiger partial charge in [0.25, 0.3) is 0 Å². The molecule has 0 N–H and O–H groups in total. The molecule has 2 nitrogen and oxygen atoms in total. The number of benzene rings is 5. The molecule has 7 rings (SSSR count). The molecule has 2 aliphatic carbocycles. The number of anilines is 4. The number of hydrogen-bond acceptors (Lipinski definition) is 2. The van der Waals surface area contributed by atoms with Crippen LogP contribution in [0.25, 0.3) is 22.5 Å². The van der Waals surface area contributed by atoms with E-state index in [-0.39, 0.29) is 11.8 Å². The van der Waals surface area contributed by atoms with Crippen LogP contribution < -0.4 is 20.2 Å². The van der Waals surface area contributed by atoms with Crippen molar-refractivity contribution in [1.29, 1.82) is 0 Å². The topological polar surface area (TPSA) is 6.48 Å². The number of rotatable bonds is 12. The normalized spacial score (nSPS) is 16.7. The van der Waals surface area contributed by atoms with Crippen molar-refractivity contribution in [2.75, 3.05) is 9.80 Å². The first-order valence-corrected chi connectivity index (χ1v) is 18.6. The van der Waals surface area contributed by atoms with Gasteiger partial charge in [-0.2, -0.15) is 0 Å². The summed E-state index contributed by atoms with van der Waals surface area (Å²) >= 11 is 0. The summed E-state index contributed by atoms with van der Waals surface area (Å²) in [6, 6.07) is 48.3. The number of para-hydroxylation sites is 2. The highest BCUT2D eigenvalue weighted by molar-refractivity contribution is 5.90. The first-order chi connectivity index (χ1) is 26.6. The second kappa shape index (κ2) is 16.8. The quantitative estimate of drug-likeness (QED) is 0.120. The second-order valence-corrected chi connectivity index (χ2v) is 13.4. The molecule has 54 heavy (non-hydrogen) atoms. The van der Waals surface area contributed by atoms with Crippen LogP contribution in [0.3, 0.4) is 0 Å². The van der Waals surface area contributed by atoms with Crippen LogP contribution in [-0.2, 0) is 0 Å². The van der Waals surface area contributed by atoms with Crippen LogP contribution >= 0.6 is 0 Å². The monoisotopic (exact) mass is 698 g/mol. The zero-order valence-corrected chi connectivity index (χ0v) is 31.1. The molecule has 0 aliphatic heterocycles. The lowest BCUT2D eigenvalue weighted by Gasteiger charge is -2.42. The van der Waals surface area contributed by atoms with Crippen molar-refractivity contribution in [1.82, 2.24) is 0 Å². The molecular weight excluding hydrogens is 653 g/mol. The fourth-order valence-electron chi connectivity index (χ4n) is 7.50. The lowest BCUT2D eigenvalue weighted by atomic mass is 9.77. The predicted octanol–water partition coefficient (Wildman–Crippen LogP) is 12.2. The van der Waals surface area contributed by atoms with Gasteiger partial charge in [0.15, 0.2) is 0 Å². The predicted molar refractivity (Wildman–Crippen MR) is 234 cm³/mol. The largest absolute Gasteiger partial charge is 0.313 e. The SMILES string of the molecule is C=C/C=C\C=C(/C)c1ccc(N(C2=c3ccccc3=C(N(c3ccccc3)c3ccc(/C(C=C)=C/C=C\C)cc3)C3C=CC=CC23)c2ccccc2)cc1. The van der Waals surface area contributed by atoms with Gasteiger partial charge >= 0.3 is 0 Å². The van der Waals surface area contributed by atoms with Gasteiger partial charge in [-0.05, 0) is 84.7 Å². The Bertz CT molecular complexity index is 2420. The Labute approximate surface area is 320 Å². The molecule has 0 saturated heterocycles. The number of allylic oxidation sites excluding steroid dienone is 12. The fourth-order valence-corrected chi connectivity index (χ4v) is 7.50. The van der Waals surface area contributed by atoms with Crippen molar-refractivity contribution in [2.45, 2.75) is 13.8 Å². The average molecular weight is 699 g/mol. The average Bonchev–Trinajstić information content (AvgIpc) is 3.23. The van der Waals surface area contributed by atoms with Gasteiger partial charge in [-0.1, -0.05) is 171 Å². The third-order valence-corrected chi connectivity index (χ3v) is 10.1. The van der Waals surface area contributed by atoms with E-state index in [1.54, 1.807) is 6.08 Å². The van der Waals surface area contributed by atoms with Gasteiger partial charge in [-0.25, -0.2) is 0 Å². The van der Waals surface area contributed by atoms with Crippen molar-refractivity contribution in [3.8, 4) is 0 Å². The molecule has 2 aliphatic rings. The van der Waals surface area contributed by atoms with E-state index in [1.165, 1.54) is 33.0 Å². The minimum atomic E-state index is 0.0606. The summed E-state index contributed by atoms with van der Waals surface area (Å²) in [4.78, 5) is 4.92. The van der Waals surface area contributed by atoms with Gasteiger partial charge in [-0.15, -0.1) is 0 Å². The first kappa shape index (κ1) is 35.7.